The fourth-order valence-electron chi connectivity index (χ4n) is 1.59. The molecule has 2 unspecified atom stereocenters. The third-order valence-corrected chi connectivity index (χ3v) is 2.22. The molecule has 0 bridgehead atoms. The first-order valence-corrected chi connectivity index (χ1v) is 3.40. The van der Waals surface area contributed by atoms with Crippen LogP contribution in [0.25, 0.3) is 0 Å². The molecular formula is C6H11NO2. The molecule has 2 fully saturated rings. The van der Waals surface area contributed by atoms with Gasteiger partial charge in [0.15, 0.2) is 0 Å². The minimum Gasteiger partial charge on any atom is -0.393 e. The van der Waals surface area contributed by atoms with Crippen LogP contribution in [0.15, 0.2) is 0 Å². The van der Waals surface area contributed by atoms with Crippen molar-refractivity contribution in [3.8, 4) is 0 Å². The van der Waals surface area contributed by atoms with Gasteiger partial charge in [-0.25, -0.2) is 0 Å². The molecule has 1 spiro atoms. The monoisotopic (exact) mass is 129 g/mol. The summed E-state index contributed by atoms with van der Waals surface area (Å²) in [5.74, 6) is 0. The number of nitrogens with one attached hydrogen (secondary N) is 1. The van der Waals surface area contributed by atoms with Crippen molar-refractivity contribution in [2.75, 3.05) is 6.54 Å². The predicted molar refractivity (Wildman–Crippen MR) is 31.7 cm³/mol. The predicted octanol–water partition coefficient (Wildman–Crippen LogP) is -0.195. The van der Waals surface area contributed by atoms with Crippen LogP contribution in [0, 0.1) is 0 Å². The van der Waals surface area contributed by atoms with E-state index in [0.717, 1.165) is 25.8 Å². The molecule has 2 N–H and O–H groups in total. The van der Waals surface area contributed by atoms with Crippen molar-refractivity contribution in [1.82, 2.24) is 5.48 Å². The molecule has 1 saturated carbocycles. The molecule has 1 heterocycles. The van der Waals surface area contributed by atoms with Crippen LogP contribution < -0.4 is 5.48 Å². The van der Waals surface area contributed by atoms with Gasteiger partial charge < -0.3 is 5.11 Å². The van der Waals surface area contributed by atoms with E-state index in [1.807, 2.05) is 0 Å². The minimum absolute atomic E-state index is 0.0272. The Morgan fingerprint density at radius 2 is 2.44 bits per heavy atom. The molecule has 0 radical (unpaired) electrons. The Labute approximate surface area is 54.0 Å². The zero-order chi connectivity index (χ0) is 6.32. The third kappa shape index (κ3) is 0.764. The second kappa shape index (κ2) is 1.68. The molecule has 0 amide bonds. The van der Waals surface area contributed by atoms with Gasteiger partial charge >= 0.3 is 0 Å². The second-order valence-corrected chi connectivity index (χ2v) is 3.00. The molecule has 3 nitrogen and oxygen atoms in total. The van der Waals surface area contributed by atoms with Gasteiger partial charge in [-0.05, 0) is 12.8 Å². The maximum atomic E-state index is 9.12. The summed E-state index contributed by atoms with van der Waals surface area (Å²) in [5.41, 5.74) is 2.78. The molecule has 9 heavy (non-hydrogen) atoms. The summed E-state index contributed by atoms with van der Waals surface area (Å²) in [4.78, 5) is 5.14. The lowest BCUT2D eigenvalue weighted by Gasteiger charge is -2.38. The summed E-state index contributed by atoms with van der Waals surface area (Å²) in [6, 6.07) is 0. The Bertz CT molecular complexity index is 122. The Morgan fingerprint density at radius 1 is 1.67 bits per heavy atom. The first kappa shape index (κ1) is 5.65. The highest BCUT2D eigenvalue weighted by atomic mass is 16.7. The van der Waals surface area contributed by atoms with Gasteiger partial charge in [-0.1, -0.05) is 0 Å². The maximum absolute atomic E-state index is 9.12. The lowest BCUT2D eigenvalue weighted by molar-refractivity contribution is -0.202. The number of aliphatic hydroxyl groups is 1. The zero-order valence-corrected chi connectivity index (χ0v) is 5.26. The highest BCUT2D eigenvalue weighted by molar-refractivity contribution is 4.95. The summed E-state index contributed by atoms with van der Waals surface area (Å²) in [5, 5.41) is 9.12. The van der Waals surface area contributed by atoms with E-state index in [4.69, 9.17) is 9.94 Å². The van der Waals surface area contributed by atoms with E-state index in [1.54, 1.807) is 0 Å². The van der Waals surface area contributed by atoms with Gasteiger partial charge in [0.25, 0.3) is 0 Å². The van der Waals surface area contributed by atoms with Crippen molar-refractivity contribution in [1.29, 1.82) is 0 Å². The quantitative estimate of drug-likeness (QED) is 0.476. The number of rotatable bonds is 0. The van der Waals surface area contributed by atoms with Crippen molar-refractivity contribution in [3.63, 3.8) is 0 Å². The largest absolute Gasteiger partial charge is 0.393 e. The smallest absolute Gasteiger partial charge is 0.107 e. The van der Waals surface area contributed by atoms with E-state index in [9.17, 15) is 0 Å². The first-order valence-electron chi connectivity index (χ1n) is 3.40. The molecule has 2 aliphatic rings. The van der Waals surface area contributed by atoms with Gasteiger partial charge in [0.05, 0.1) is 12.6 Å². The Hall–Kier alpha value is -0.120. The maximum Gasteiger partial charge on any atom is 0.107 e. The zero-order valence-electron chi connectivity index (χ0n) is 5.26. The normalized spacial score (nSPS) is 49.7. The average molecular weight is 129 g/mol. The fraction of sp³-hybridized carbons (Fsp3) is 1.00. The van der Waals surface area contributed by atoms with Gasteiger partial charge in [-0.15, -0.1) is 0 Å². The standard InChI is InChI=1S/C6H11NO2/c8-5-1-2-6(3-5)4-7-9-6/h5,7-8H,1-4H2. The van der Waals surface area contributed by atoms with Crippen LogP contribution in [0.3, 0.4) is 0 Å². The van der Waals surface area contributed by atoms with E-state index in [1.165, 1.54) is 0 Å². The summed E-state index contributed by atoms with van der Waals surface area (Å²) in [6.45, 7) is 0.921. The Morgan fingerprint density at radius 3 is 2.67 bits per heavy atom. The summed E-state index contributed by atoms with van der Waals surface area (Å²) in [7, 11) is 0. The molecule has 0 aromatic carbocycles. The lowest BCUT2D eigenvalue weighted by Crippen LogP contribution is -2.55. The van der Waals surface area contributed by atoms with Crippen LogP contribution in [-0.4, -0.2) is 23.4 Å². The van der Waals surface area contributed by atoms with Crippen LogP contribution in [0.1, 0.15) is 19.3 Å². The molecule has 2 atom stereocenters. The lowest BCUT2D eigenvalue weighted by atomic mass is 10.0. The number of aliphatic hydroxyl groups excluding tert-OH is 1. The van der Waals surface area contributed by atoms with E-state index < -0.39 is 0 Å². The number of hydroxylamine groups is 1. The van der Waals surface area contributed by atoms with E-state index >= 15 is 0 Å². The second-order valence-electron chi connectivity index (χ2n) is 3.00. The van der Waals surface area contributed by atoms with Crippen molar-refractivity contribution in [3.05, 3.63) is 0 Å². The van der Waals surface area contributed by atoms with Crippen LogP contribution in [0.5, 0.6) is 0 Å². The molecular weight excluding hydrogens is 118 g/mol. The van der Waals surface area contributed by atoms with Gasteiger partial charge in [0, 0.05) is 6.42 Å². The number of hydrogen-bond donors (Lipinski definition) is 2. The summed E-state index contributed by atoms with van der Waals surface area (Å²) >= 11 is 0. The van der Waals surface area contributed by atoms with E-state index in [0.29, 0.717) is 0 Å². The number of hydrogen-bond acceptors (Lipinski definition) is 3. The van der Waals surface area contributed by atoms with E-state index in [2.05, 4.69) is 5.48 Å². The molecule has 52 valence electrons. The van der Waals surface area contributed by atoms with Gasteiger partial charge in [0.2, 0.25) is 0 Å². The first-order chi connectivity index (χ1) is 4.31. The van der Waals surface area contributed by atoms with E-state index in [-0.39, 0.29) is 11.7 Å². The van der Waals surface area contributed by atoms with Gasteiger partial charge in [-0.3, -0.25) is 4.84 Å². The Balaban J connectivity index is 1.99. The average Bonchev–Trinajstić information content (AvgIpc) is 2.09. The molecule has 0 aromatic heterocycles. The van der Waals surface area contributed by atoms with Crippen molar-refractivity contribution >= 4 is 0 Å². The molecule has 1 aliphatic heterocycles. The SMILES string of the molecule is OC1CCC2(CNO2)C1. The Kier molecular flexibility index (Phi) is 1.06. The molecule has 1 aliphatic carbocycles. The topological polar surface area (TPSA) is 41.5 Å². The van der Waals surface area contributed by atoms with Crippen LogP contribution in [0.2, 0.25) is 0 Å². The van der Waals surface area contributed by atoms with Crippen LogP contribution >= 0.6 is 0 Å². The minimum atomic E-state index is -0.118. The summed E-state index contributed by atoms with van der Waals surface area (Å²) in [6.07, 6.45) is 2.62. The third-order valence-electron chi connectivity index (χ3n) is 2.22. The highest BCUT2D eigenvalue weighted by Gasteiger charge is 2.45. The van der Waals surface area contributed by atoms with Gasteiger partial charge in [-0.2, -0.15) is 5.48 Å². The molecule has 1 saturated heterocycles. The highest BCUT2D eigenvalue weighted by Crippen LogP contribution is 2.35. The molecule has 3 heteroatoms. The summed E-state index contributed by atoms with van der Waals surface area (Å²) < 4.78 is 0. The van der Waals surface area contributed by atoms with Crippen molar-refractivity contribution < 1.29 is 9.94 Å². The van der Waals surface area contributed by atoms with Crippen LogP contribution in [0.4, 0.5) is 0 Å². The fourth-order valence-corrected chi connectivity index (χ4v) is 1.59. The van der Waals surface area contributed by atoms with Crippen molar-refractivity contribution in [2.45, 2.75) is 31.0 Å². The van der Waals surface area contributed by atoms with Gasteiger partial charge in [0.1, 0.15) is 5.60 Å². The van der Waals surface area contributed by atoms with Crippen molar-refractivity contribution in [2.24, 2.45) is 0 Å². The molecule has 2 rings (SSSR count). The molecule has 0 aromatic rings. The van der Waals surface area contributed by atoms with Crippen LogP contribution in [-0.2, 0) is 4.84 Å².